The van der Waals surface area contributed by atoms with Crippen molar-refractivity contribution in [3.8, 4) is 0 Å². The van der Waals surface area contributed by atoms with Crippen LogP contribution in [0, 0.1) is 0 Å². The van der Waals surface area contributed by atoms with Gasteiger partial charge in [0.25, 0.3) is 0 Å². The molecule has 0 atom stereocenters. The maximum absolute atomic E-state index is 3.19. The first kappa shape index (κ1) is 9.96. The Balaban J connectivity index is 2.17. The normalized spacial score (nSPS) is 22.5. The van der Waals surface area contributed by atoms with Crippen molar-refractivity contribution in [1.82, 2.24) is 15.1 Å². The predicted octanol–water partition coefficient (Wildman–Crippen LogP) is -0.157. The van der Waals surface area contributed by atoms with Crippen molar-refractivity contribution in [2.75, 3.05) is 53.4 Å². The molecule has 1 N–H and O–H groups in total. The molecule has 0 unspecified atom stereocenters. The van der Waals surface area contributed by atoms with Crippen LogP contribution in [0.5, 0.6) is 0 Å². The molecule has 0 radical (unpaired) electrons. The molecule has 1 rings (SSSR count). The number of hydrogen-bond donors (Lipinski definition) is 1. The lowest BCUT2D eigenvalue weighted by atomic mass is 10.4. The average Bonchev–Trinajstić information content (AvgIpc) is 2.27. The van der Waals surface area contributed by atoms with Gasteiger partial charge in [0.15, 0.2) is 0 Å². The monoisotopic (exact) mass is 171 g/mol. The van der Waals surface area contributed by atoms with E-state index < -0.39 is 0 Å². The highest BCUT2D eigenvalue weighted by Gasteiger charge is 2.10. The van der Waals surface area contributed by atoms with E-state index in [1.54, 1.807) is 0 Å². The van der Waals surface area contributed by atoms with Crippen LogP contribution in [-0.4, -0.2) is 63.2 Å². The number of nitrogens with one attached hydrogen (secondary N) is 1. The molecule has 3 heteroatoms. The molecule has 1 aliphatic heterocycles. The zero-order valence-corrected chi connectivity index (χ0v) is 8.34. The van der Waals surface area contributed by atoms with Crippen molar-refractivity contribution >= 4 is 0 Å². The van der Waals surface area contributed by atoms with Crippen molar-refractivity contribution in [2.45, 2.75) is 6.42 Å². The summed E-state index contributed by atoms with van der Waals surface area (Å²) < 4.78 is 0. The molecule has 1 heterocycles. The second-order valence-corrected chi connectivity index (χ2v) is 3.60. The Bertz CT molecular complexity index is 114. The SMILES string of the molecule is CNCCN1CCCN(C)CC1. The largest absolute Gasteiger partial charge is 0.318 e. The van der Waals surface area contributed by atoms with Crippen LogP contribution in [0.3, 0.4) is 0 Å². The highest BCUT2D eigenvalue weighted by Crippen LogP contribution is 1.99. The van der Waals surface area contributed by atoms with E-state index in [0.717, 1.165) is 6.54 Å². The lowest BCUT2D eigenvalue weighted by Crippen LogP contribution is -2.33. The summed E-state index contributed by atoms with van der Waals surface area (Å²) >= 11 is 0. The summed E-state index contributed by atoms with van der Waals surface area (Å²) in [5.74, 6) is 0. The van der Waals surface area contributed by atoms with Crippen LogP contribution in [0.2, 0.25) is 0 Å². The fourth-order valence-corrected chi connectivity index (χ4v) is 1.59. The predicted molar refractivity (Wildman–Crippen MR) is 52.5 cm³/mol. The molecule has 1 aliphatic rings. The lowest BCUT2D eigenvalue weighted by Gasteiger charge is -2.19. The molecule has 0 spiro atoms. The van der Waals surface area contributed by atoms with Gasteiger partial charge in [-0.25, -0.2) is 0 Å². The molecule has 0 saturated carbocycles. The van der Waals surface area contributed by atoms with Gasteiger partial charge in [-0.05, 0) is 33.6 Å². The van der Waals surface area contributed by atoms with Crippen LogP contribution < -0.4 is 5.32 Å². The third kappa shape index (κ3) is 3.52. The summed E-state index contributed by atoms with van der Waals surface area (Å²) in [6.07, 6.45) is 1.32. The maximum atomic E-state index is 3.19. The standard InChI is InChI=1S/C9H21N3/c1-10-4-7-12-6-3-5-11(2)8-9-12/h10H,3-9H2,1-2H3. The van der Waals surface area contributed by atoms with Gasteiger partial charge in [-0.3, -0.25) is 0 Å². The Morgan fingerprint density at radius 1 is 1.17 bits per heavy atom. The van der Waals surface area contributed by atoms with Crippen LogP contribution in [-0.2, 0) is 0 Å². The van der Waals surface area contributed by atoms with E-state index in [9.17, 15) is 0 Å². The molecule has 0 amide bonds. The Hall–Kier alpha value is -0.120. The van der Waals surface area contributed by atoms with Crippen molar-refractivity contribution in [3.05, 3.63) is 0 Å². The topological polar surface area (TPSA) is 18.5 Å². The summed E-state index contributed by atoms with van der Waals surface area (Å²) in [5.41, 5.74) is 0. The molecule has 1 fully saturated rings. The van der Waals surface area contributed by atoms with E-state index in [1.165, 1.54) is 39.1 Å². The molecule has 0 aromatic rings. The zero-order valence-electron chi connectivity index (χ0n) is 8.34. The Labute approximate surface area is 75.7 Å². The van der Waals surface area contributed by atoms with Crippen LogP contribution in [0.4, 0.5) is 0 Å². The van der Waals surface area contributed by atoms with Crippen LogP contribution in [0.25, 0.3) is 0 Å². The van der Waals surface area contributed by atoms with Crippen molar-refractivity contribution in [1.29, 1.82) is 0 Å². The van der Waals surface area contributed by atoms with Gasteiger partial charge in [-0.1, -0.05) is 0 Å². The van der Waals surface area contributed by atoms with Gasteiger partial charge in [0.2, 0.25) is 0 Å². The first-order chi connectivity index (χ1) is 5.83. The van der Waals surface area contributed by atoms with E-state index in [1.807, 2.05) is 7.05 Å². The second kappa shape index (κ2) is 5.51. The van der Waals surface area contributed by atoms with Crippen molar-refractivity contribution in [3.63, 3.8) is 0 Å². The van der Waals surface area contributed by atoms with Gasteiger partial charge >= 0.3 is 0 Å². The third-order valence-electron chi connectivity index (χ3n) is 2.49. The molecule has 1 saturated heterocycles. The molecule has 0 aliphatic carbocycles. The van der Waals surface area contributed by atoms with Crippen LogP contribution >= 0.6 is 0 Å². The van der Waals surface area contributed by atoms with E-state index in [0.29, 0.717) is 0 Å². The molecule has 0 bridgehead atoms. The van der Waals surface area contributed by atoms with Gasteiger partial charge < -0.3 is 15.1 Å². The Morgan fingerprint density at radius 2 is 2.00 bits per heavy atom. The molecule has 0 aromatic carbocycles. The van der Waals surface area contributed by atoms with Gasteiger partial charge in [-0.15, -0.1) is 0 Å². The van der Waals surface area contributed by atoms with Gasteiger partial charge in [0, 0.05) is 26.2 Å². The quantitative estimate of drug-likeness (QED) is 0.637. The minimum absolute atomic E-state index is 1.11. The molecule has 3 nitrogen and oxygen atoms in total. The minimum Gasteiger partial charge on any atom is -0.318 e. The summed E-state index contributed by atoms with van der Waals surface area (Å²) in [6.45, 7) is 7.30. The van der Waals surface area contributed by atoms with E-state index in [4.69, 9.17) is 0 Å². The summed E-state index contributed by atoms with van der Waals surface area (Å²) in [4.78, 5) is 4.96. The number of nitrogens with zero attached hydrogens (tertiary/aromatic N) is 2. The van der Waals surface area contributed by atoms with Gasteiger partial charge in [0.05, 0.1) is 0 Å². The smallest absolute Gasteiger partial charge is 0.0110 e. The fraction of sp³-hybridized carbons (Fsp3) is 1.00. The number of hydrogen-bond acceptors (Lipinski definition) is 3. The molecular weight excluding hydrogens is 150 g/mol. The molecule has 72 valence electrons. The van der Waals surface area contributed by atoms with Gasteiger partial charge in [0.1, 0.15) is 0 Å². The lowest BCUT2D eigenvalue weighted by molar-refractivity contribution is 0.278. The fourth-order valence-electron chi connectivity index (χ4n) is 1.59. The van der Waals surface area contributed by atoms with E-state index in [2.05, 4.69) is 22.2 Å². The van der Waals surface area contributed by atoms with Crippen LogP contribution in [0.15, 0.2) is 0 Å². The van der Waals surface area contributed by atoms with E-state index in [-0.39, 0.29) is 0 Å². The van der Waals surface area contributed by atoms with Gasteiger partial charge in [-0.2, -0.15) is 0 Å². The molecule has 0 aromatic heterocycles. The number of likely N-dealkylation sites (N-methyl/N-ethyl adjacent to an activating group) is 2. The molecule has 12 heavy (non-hydrogen) atoms. The first-order valence-corrected chi connectivity index (χ1v) is 4.88. The maximum Gasteiger partial charge on any atom is 0.0110 e. The Morgan fingerprint density at radius 3 is 2.75 bits per heavy atom. The first-order valence-electron chi connectivity index (χ1n) is 4.88. The highest BCUT2D eigenvalue weighted by molar-refractivity contribution is 4.67. The second-order valence-electron chi connectivity index (χ2n) is 3.60. The van der Waals surface area contributed by atoms with Crippen molar-refractivity contribution < 1.29 is 0 Å². The average molecular weight is 171 g/mol. The van der Waals surface area contributed by atoms with Crippen LogP contribution in [0.1, 0.15) is 6.42 Å². The highest BCUT2D eigenvalue weighted by atomic mass is 15.2. The zero-order chi connectivity index (χ0) is 8.81. The molecular formula is C9H21N3. The minimum atomic E-state index is 1.11. The number of rotatable bonds is 3. The van der Waals surface area contributed by atoms with E-state index >= 15 is 0 Å². The summed E-state index contributed by atoms with van der Waals surface area (Å²) in [6, 6.07) is 0. The summed E-state index contributed by atoms with van der Waals surface area (Å²) in [7, 11) is 4.23. The van der Waals surface area contributed by atoms with Crippen molar-refractivity contribution in [2.24, 2.45) is 0 Å². The summed E-state index contributed by atoms with van der Waals surface area (Å²) in [5, 5.41) is 3.19. The third-order valence-corrected chi connectivity index (χ3v) is 2.49. The Kier molecular flexibility index (Phi) is 4.58.